The summed E-state index contributed by atoms with van der Waals surface area (Å²) >= 11 is 0. The molecule has 1 N–H and O–H groups in total. The molecule has 3 rings (SSSR count). The molecule has 2 amide bonds. The van der Waals surface area contributed by atoms with E-state index in [1.807, 2.05) is 0 Å². The summed E-state index contributed by atoms with van der Waals surface area (Å²) in [4.78, 5) is 37.9. The smallest absolute Gasteiger partial charge is 0.340 e. The van der Waals surface area contributed by atoms with Gasteiger partial charge in [-0.1, -0.05) is 0 Å². The van der Waals surface area contributed by atoms with E-state index in [-0.39, 0.29) is 40.7 Å². The van der Waals surface area contributed by atoms with Crippen LogP contribution in [0.3, 0.4) is 0 Å². The van der Waals surface area contributed by atoms with Gasteiger partial charge in [0, 0.05) is 38.7 Å². The van der Waals surface area contributed by atoms with Crippen molar-refractivity contribution >= 4 is 33.5 Å². The maximum atomic E-state index is 12.9. The molecule has 11 heteroatoms. The van der Waals surface area contributed by atoms with E-state index in [0.29, 0.717) is 18.8 Å². The Bertz CT molecular complexity index is 1160. The van der Waals surface area contributed by atoms with Crippen molar-refractivity contribution in [2.75, 3.05) is 45.7 Å². The summed E-state index contributed by atoms with van der Waals surface area (Å²) in [5, 5.41) is 2.64. The van der Waals surface area contributed by atoms with Crippen LogP contribution < -0.4 is 10.1 Å². The molecule has 0 aromatic heterocycles. The predicted molar refractivity (Wildman–Crippen MR) is 120 cm³/mol. The maximum absolute atomic E-state index is 12.9. The van der Waals surface area contributed by atoms with Crippen LogP contribution in [0.5, 0.6) is 5.75 Å². The van der Waals surface area contributed by atoms with Gasteiger partial charge in [0.2, 0.25) is 15.9 Å². The Hall–Kier alpha value is -3.44. The van der Waals surface area contributed by atoms with Crippen LogP contribution in [-0.4, -0.2) is 75.8 Å². The molecule has 176 valence electrons. The largest absolute Gasteiger partial charge is 0.497 e. The van der Waals surface area contributed by atoms with Gasteiger partial charge in [0.15, 0.2) is 0 Å². The highest BCUT2D eigenvalue weighted by atomic mass is 32.2. The molecule has 0 aliphatic carbocycles. The van der Waals surface area contributed by atoms with Gasteiger partial charge < -0.3 is 19.7 Å². The van der Waals surface area contributed by atoms with Crippen LogP contribution in [0.25, 0.3) is 0 Å². The zero-order valence-electron chi connectivity index (χ0n) is 18.5. The molecule has 1 aliphatic heterocycles. The monoisotopic (exact) mass is 475 g/mol. The van der Waals surface area contributed by atoms with Gasteiger partial charge in [-0.3, -0.25) is 9.59 Å². The number of benzene rings is 2. The lowest BCUT2D eigenvalue weighted by Gasteiger charge is -2.33. The number of methoxy groups -OCH3 is 2. The first-order valence-electron chi connectivity index (χ1n) is 10.1. The van der Waals surface area contributed by atoms with Gasteiger partial charge in [0.25, 0.3) is 5.91 Å². The third kappa shape index (κ3) is 5.32. The summed E-state index contributed by atoms with van der Waals surface area (Å²) in [6, 6.07) is 10.1. The van der Waals surface area contributed by atoms with E-state index >= 15 is 0 Å². The summed E-state index contributed by atoms with van der Waals surface area (Å²) in [7, 11) is -1.07. The third-order valence-corrected chi connectivity index (χ3v) is 7.23. The van der Waals surface area contributed by atoms with Crippen molar-refractivity contribution in [1.82, 2.24) is 9.21 Å². The topological polar surface area (TPSA) is 122 Å². The van der Waals surface area contributed by atoms with Crippen LogP contribution in [0, 0.1) is 0 Å². The molecule has 10 nitrogen and oxygen atoms in total. The van der Waals surface area contributed by atoms with Gasteiger partial charge in [-0.2, -0.15) is 4.31 Å². The number of nitrogens with zero attached hydrogens (tertiary/aromatic N) is 2. The number of amides is 2. The molecule has 0 unspecified atom stereocenters. The van der Waals surface area contributed by atoms with Crippen molar-refractivity contribution in [2.45, 2.75) is 11.8 Å². The fourth-order valence-electron chi connectivity index (χ4n) is 3.40. The van der Waals surface area contributed by atoms with Crippen LogP contribution in [-0.2, 0) is 19.6 Å². The Labute approximate surface area is 192 Å². The number of hydrogen-bond acceptors (Lipinski definition) is 7. The van der Waals surface area contributed by atoms with Crippen LogP contribution in [0.4, 0.5) is 5.69 Å². The van der Waals surface area contributed by atoms with Gasteiger partial charge in [-0.15, -0.1) is 0 Å². The first-order chi connectivity index (χ1) is 15.7. The van der Waals surface area contributed by atoms with E-state index in [4.69, 9.17) is 9.47 Å². The molecule has 0 saturated carbocycles. The van der Waals surface area contributed by atoms with Crippen molar-refractivity contribution < 1.29 is 32.3 Å². The van der Waals surface area contributed by atoms with Crippen molar-refractivity contribution in [1.29, 1.82) is 0 Å². The highest BCUT2D eigenvalue weighted by Gasteiger charge is 2.29. The Kier molecular flexibility index (Phi) is 7.34. The zero-order chi connectivity index (χ0) is 24.2. The Morgan fingerprint density at radius 2 is 1.58 bits per heavy atom. The molecule has 2 aromatic rings. The number of anilines is 1. The number of piperazine rings is 1. The fourth-order valence-corrected chi connectivity index (χ4v) is 4.83. The number of nitrogens with one attached hydrogen (secondary N) is 1. The summed E-state index contributed by atoms with van der Waals surface area (Å²) < 4.78 is 37.0. The van der Waals surface area contributed by atoms with Gasteiger partial charge in [0.05, 0.1) is 30.4 Å². The Balaban J connectivity index is 1.75. The number of ether oxygens (including phenoxy) is 2. The molecule has 1 saturated heterocycles. The van der Waals surface area contributed by atoms with E-state index < -0.39 is 21.9 Å². The number of esters is 1. The van der Waals surface area contributed by atoms with E-state index in [2.05, 4.69) is 5.32 Å². The van der Waals surface area contributed by atoms with E-state index in [9.17, 15) is 22.8 Å². The number of carbonyl (C=O) groups excluding carboxylic acids is 3. The first-order valence-corrected chi connectivity index (χ1v) is 11.5. The molecule has 1 fully saturated rings. The molecule has 2 aromatic carbocycles. The number of rotatable bonds is 6. The maximum Gasteiger partial charge on any atom is 0.340 e. The van der Waals surface area contributed by atoms with Gasteiger partial charge in [-0.05, 0) is 42.5 Å². The van der Waals surface area contributed by atoms with Gasteiger partial charge in [-0.25, -0.2) is 13.2 Å². The van der Waals surface area contributed by atoms with Gasteiger partial charge >= 0.3 is 5.97 Å². The lowest BCUT2D eigenvalue weighted by atomic mass is 10.1. The van der Waals surface area contributed by atoms with Crippen LogP contribution in [0.15, 0.2) is 47.4 Å². The number of hydrogen-bond donors (Lipinski definition) is 1. The molecule has 0 spiro atoms. The number of sulfonamides is 1. The standard InChI is InChI=1S/C22H25N3O7S/c1-15(26)24-10-12-25(13-11-24)33(29,30)18-7-4-16(5-8-18)21(27)23-20-9-6-17(31-2)14-19(20)22(28)32-3/h4-9,14H,10-13H2,1-3H3,(H,23,27). The average molecular weight is 476 g/mol. The molecule has 0 atom stereocenters. The minimum atomic E-state index is -3.75. The Morgan fingerprint density at radius 1 is 0.939 bits per heavy atom. The second-order valence-electron chi connectivity index (χ2n) is 7.29. The quantitative estimate of drug-likeness (QED) is 0.630. The molecule has 1 heterocycles. The second-order valence-corrected chi connectivity index (χ2v) is 9.23. The minimum Gasteiger partial charge on any atom is -0.497 e. The van der Waals surface area contributed by atoms with E-state index in [1.54, 1.807) is 11.0 Å². The lowest BCUT2D eigenvalue weighted by Crippen LogP contribution is -2.49. The highest BCUT2D eigenvalue weighted by Crippen LogP contribution is 2.24. The molecule has 0 radical (unpaired) electrons. The summed E-state index contributed by atoms with van der Waals surface area (Å²) in [6.45, 7) is 2.53. The number of carbonyl (C=O) groups is 3. The van der Waals surface area contributed by atoms with Crippen molar-refractivity contribution in [2.24, 2.45) is 0 Å². The van der Waals surface area contributed by atoms with E-state index in [1.165, 1.54) is 61.8 Å². The minimum absolute atomic E-state index is 0.0509. The molecule has 1 aliphatic rings. The predicted octanol–water partition coefficient (Wildman–Crippen LogP) is 1.59. The van der Waals surface area contributed by atoms with Crippen LogP contribution >= 0.6 is 0 Å². The van der Waals surface area contributed by atoms with Crippen molar-refractivity contribution in [3.63, 3.8) is 0 Å². The first kappa shape index (κ1) is 24.2. The summed E-state index contributed by atoms with van der Waals surface area (Å²) in [5.74, 6) is -0.832. The van der Waals surface area contributed by atoms with E-state index in [0.717, 1.165) is 0 Å². The van der Waals surface area contributed by atoms with Crippen LogP contribution in [0.2, 0.25) is 0 Å². The summed E-state index contributed by atoms with van der Waals surface area (Å²) in [5.41, 5.74) is 0.559. The molecular formula is C22H25N3O7S. The van der Waals surface area contributed by atoms with Gasteiger partial charge in [0.1, 0.15) is 5.75 Å². The Morgan fingerprint density at radius 3 is 2.12 bits per heavy atom. The summed E-state index contributed by atoms with van der Waals surface area (Å²) in [6.07, 6.45) is 0. The highest BCUT2D eigenvalue weighted by molar-refractivity contribution is 7.89. The zero-order valence-corrected chi connectivity index (χ0v) is 19.3. The molecular weight excluding hydrogens is 450 g/mol. The molecule has 0 bridgehead atoms. The van der Waals surface area contributed by atoms with Crippen molar-refractivity contribution in [3.8, 4) is 5.75 Å². The SMILES string of the molecule is COC(=O)c1cc(OC)ccc1NC(=O)c1ccc(S(=O)(=O)N2CCN(C(C)=O)CC2)cc1. The van der Waals surface area contributed by atoms with Crippen LogP contribution in [0.1, 0.15) is 27.6 Å². The normalized spacial score (nSPS) is 14.5. The third-order valence-electron chi connectivity index (χ3n) is 5.32. The fraction of sp³-hybridized carbons (Fsp3) is 0.318. The lowest BCUT2D eigenvalue weighted by molar-refractivity contribution is -0.129. The average Bonchev–Trinajstić information content (AvgIpc) is 2.83. The molecule has 33 heavy (non-hydrogen) atoms. The second kappa shape index (κ2) is 10.0. The van der Waals surface area contributed by atoms with Crippen molar-refractivity contribution in [3.05, 3.63) is 53.6 Å².